The van der Waals surface area contributed by atoms with Crippen LogP contribution in [0.15, 0.2) is 0 Å². The molecule has 24 atom stereocenters. The molecule has 8 N–H and O–H groups in total. The summed E-state index contributed by atoms with van der Waals surface area (Å²) in [6.07, 6.45) is 6.26. The van der Waals surface area contributed by atoms with Crippen LogP contribution in [-0.2, 0) is 0 Å². The van der Waals surface area contributed by atoms with E-state index in [1.165, 1.54) is 0 Å². The summed E-state index contributed by atoms with van der Waals surface area (Å²) in [7, 11) is 0. The molecule has 5 saturated heterocycles. The lowest BCUT2D eigenvalue weighted by atomic mass is 9.57. The van der Waals surface area contributed by atoms with Crippen LogP contribution >= 0.6 is 0 Å². The number of rotatable bonds is 0. The monoisotopic (exact) mass is 752 g/mol. The van der Waals surface area contributed by atoms with Crippen LogP contribution in [0.4, 0.5) is 0 Å². The SMILES string of the molecule is N#CC1C(C#N)C(C#N)C2C3NC(NC4NC(NC5NC(NC6NC(N3)C3C(C#N)C(C#N)C(C#N)C(C#N)C63)C3CCCCC53)C3CCCCC43)C2C1C#N. The van der Waals surface area contributed by atoms with Crippen molar-refractivity contribution in [2.45, 2.75) is 101 Å². The summed E-state index contributed by atoms with van der Waals surface area (Å²) < 4.78 is 0. The van der Waals surface area contributed by atoms with Crippen molar-refractivity contribution in [1.82, 2.24) is 42.5 Å². The molecule has 9 fully saturated rings. The Balaban J connectivity index is 1.17. The Kier molecular flexibility index (Phi) is 9.85. The summed E-state index contributed by atoms with van der Waals surface area (Å²) in [5.74, 6) is -8.22. The number of hydrogen-bond donors (Lipinski definition) is 8. The van der Waals surface area contributed by atoms with Gasteiger partial charge in [0, 0.05) is 23.7 Å². The highest BCUT2D eigenvalue weighted by Crippen LogP contribution is 2.54. The number of nitrogens with zero attached hydrogens (tertiary/aromatic N) is 8. The van der Waals surface area contributed by atoms with Crippen LogP contribution in [0.5, 0.6) is 0 Å². The van der Waals surface area contributed by atoms with E-state index in [0.29, 0.717) is 23.7 Å². The first-order chi connectivity index (χ1) is 27.4. The highest BCUT2D eigenvalue weighted by atomic mass is 15.4. The molecular weight excluding hydrogens is 705 g/mol. The molecule has 16 heteroatoms. The smallest absolute Gasteiger partial charge is 0.0796 e. The quantitative estimate of drug-likeness (QED) is 0.168. The fourth-order valence-corrected chi connectivity index (χ4v) is 13.7. The van der Waals surface area contributed by atoms with Crippen molar-refractivity contribution in [1.29, 1.82) is 42.1 Å². The van der Waals surface area contributed by atoms with Crippen LogP contribution in [0.25, 0.3) is 0 Å². The molecular formula is C40H48N16. The summed E-state index contributed by atoms with van der Waals surface area (Å²) in [5.41, 5.74) is 0. The van der Waals surface area contributed by atoms with Gasteiger partial charge in [0.1, 0.15) is 0 Å². The number of nitriles is 8. The van der Waals surface area contributed by atoms with Crippen molar-refractivity contribution in [2.75, 3.05) is 0 Å². The van der Waals surface area contributed by atoms with Crippen molar-refractivity contribution in [3.8, 4) is 48.6 Å². The second kappa shape index (κ2) is 14.8. The molecule has 0 radical (unpaired) electrons. The highest BCUT2D eigenvalue weighted by Gasteiger charge is 2.64. The summed E-state index contributed by atoms with van der Waals surface area (Å²) in [5, 5.41) is 115. The molecule has 56 heavy (non-hydrogen) atoms. The Bertz CT molecular complexity index is 1770. The molecule has 0 aromatic rings. The van der Waals surface area contributed by atoms with E-state index in [1.807, 2.05) is 0 Å². The highest BCUT2D eigenvalue weighted by molar-refractivity contribution is 5.26. The van der Waals surface area contributed by atoms with Gasteiger partial charge < -0.3 is 0 Å². The van der Waals surface area contributed by atoms with Crippen molar-refractivity contribution < 1.29 is 0 Å². The van der Waals surface area contributed by atoms with Crippen molar-refractivity contribution in [2.24, 2.45) is 94.7 Å². The summed E-state index contributed by atoms with van der Waals surface area (Å²) in [4.78, 5) is 0. The molecule has 8 bridgehead atoms. The fourth-order valence-electron chi connectivity index (χ4n) is 13.7. The average Bonchev–Trinajstić information content (AvgIpc) is 3.97. The predicted molar refractivity (Wildman–Crippen MR) is 193 cm³/mol. The zero-order valence-corrected chi connectivity index (χ0v) is 31.1. The maximum absolute atomic E-state index is 10.7. The van der Waals surface area contributed by atoms with Gasteiger partial charge in [0.05, 0.1) is 145 Å². The Morgan fingerprint density at radius 1 is 0.250 bits per heavy atom. The number of fused-ring (bicyclic) bond motifs is 20. The van der Waals surface area contributed by atoms with E-state index in [2.05, 4.69) is 91.1 Å². The largest absolute Gasteiger partial charge is 0.286 e. The van der Waals surface area contributed by atoms with Gasteiger partial charge in [0.25, 0.3) is 0 Å². The van der Waals surface area contributed by atoms with E-state index in [9.17, 15) is 42.1 Å². The Morgan fingerprint density at radius 2 is 0.429 bits per heavy atom. The van der Waals surface area contributed by atoms with Crippen LogP contribution in [-0.4, -0.2) is 49.3 Å². The molecule has 0 spiro atoms. The molecule has 0 aromatic heterocycles. The van der Waals surface area contributed by atoms with E-state index in [0.717, 1.165) is 51.4 Å². The topological polar surface area (TPSA) is 287 Å². The second-order valence-electron chi connectivity index (χ2n) is 17.9. The van der Waals surface area contributed by atoms with E-state index in [4.69, 9.17) is 0 Å². The standard InChI is InChI=1S/C40H48N16/c41-9-21-23(11-43)27(15-47)31-29(25(21)13-45)37-52-35-19-7-3-1-5-17(19)33(50-35)49-34-18-6-2-4-8-20(18)36(51-34)53-38-30-26(14-46)22(10-42)24(12-44)28(16-48)32(30)40(55-38)56-39(31)54-37/h17-40,49-56H,1-8H2. The zero-order valence-electron chi connectivity index (χ0n) is 31.1. The van der Waals surface area contributed by atoms with Crippen molar-refractivity contribution in [3.05, 3.63) is 0 Å². The minimum Gasteiger partial charge on any atom is -0.286 e. The van der Waals surface area contributed by atoms with Gasteiger partial charge >= 0.3 is 0 Å². The third-order valence-corrected chi connectivity index (χ3v) is 15.9. The molecule has 0 aromatic carbocycles. The van der Waals surface area contributed by atoms with Gasteiger partial charge in [-0.2, -0.15) is 42.1 Å². The van der Waals surface area contributed by atoms with Crippen molar-refractivity contribution >= 4 is 0 Å². The lowest BCUT2D eigenvalue weighted by molar-refractivity contribution is 0.0543. The van der Waals surface area contributed by atoms with Gasteiger partial charge in [-0.05, 0) is 49.4 Å². The second-order valence-corrected chi connectivity index (χ2v) is 17.9. The third kappa shape index (κ3) is 5.53. The fraction of sp³-hybridized carbons (Fsp3) is 0.800. The molecule has 4 saturated carbocycles. The number of nitrogens with one attached hydrogen (secondary N) is 8. The van der Waals surface area contributed by atoms with Gasteiger partial charge in [-0.3, -0.25) is 42.5 Å². The van der Waals surface area contributed by atoms with Crippen LogP contribution < -0.4 is 42.5 Å². The summed E-state index contributed by atoms with van der Waals surface area (Å²) in [6.45, 7) is 0. The van der Waals surface area contributed by atoms with Crippen LogP contribution in [0.3, 0.4) is 0 Å². The zero-order chi connectivity index (χ0) is 38.8. The van der Waals surface area contributed by atoms with Gasteiger partial charge in [-0.15, -0.1) is 0 Å². The van der Waals surface area contributed by atoms with Crippen LogP contribution in [0.1, 0.15) is 51.4 Å². The predicted octanol–water partition coefficient (Wildman–Crippen LogP) is 0.603. The maximum atomic E-state index is 10.7. The molecule has 9 rings (SSSR count). The molecule has 5 heterocycles. The average molecular weight is 753 g/mol. The van der Waals surface area contributed by atoms with E-state index in [-0.39, 0.29) is 24.7 Å². The first-order valence-electron chi connectivity index (χ1n) is 20.7. The Labute approximate surface area is 327 Å². The molecule has 16 nitrogen and oxygen atoms in total. The van der Waals surface area contributed by atoms with E-state index >= 15 is 0 Å². The maximum Gasteiger partial charge on any atom is 0.0796 e. The van der Waals surface area contributed by atoms with Gasteiger partial charge in [-0.25, -0.2) is 0 Å². The normalized spacial score (nSPS) is 53.9. The summed E-state index contributed by atoms with van der Waals surface area (Å²) >= 11 is 0. The van der Waals surface area contributed by atoms with Gasteiger partial charge in [0.2, 0.25) is 0 Å². The molecule has 9 aliphatic rings. The summed E-state index contributed by atoms with van der Waals surface area (Å²) in [6, 6.07) is 18.5. The Hall–Kier alpha value is -4.40. The Morgan fingerprint density at radius 3 is 0.625 bits per heavy atom. The van der Waals surface area contributed by atoms with E-state index in [1.54, 1.807) is 0 Å². The first-order valence-corrected chi connectivity index (χ1v) is 20.7. The van der Waals surface area contributed by atoms with Crippen LogP contribution in [0.2, 0.25) is 0 Å². The molecule has 24 unspecified atom stereocenters. The minimum absolute atomic E-state index is 0.0193. The van der Waals surface area contributed by atoms with Crippen molar-refractivity contribution in [3.63, 3.8) is 0 Å². The van der Waals surface area contributed by atoms with Crippen LogP contribution in [0, 0.1) is 185 Å². The third-order valence-electron chi connectivity index (χ3n) is 15.9. The lowest BCUT2D eigenvalue weighted by Crippen LogP contribution is -2.62. The van der Waals surface area contributed by atoms with Gasteiger partial charge in [0.15, 0.2) is 0 Å². The molecule has 4 aliphatic carbocycles. The molecule has 288 valence electrons. The molecule has 5 aliphatic heterocycles. The van der Waals surface area contributed by atoms with E-state index < -0.39 is 95.7 Å². The molecule has 0 amide bonds. The minimum atomic E-state index is -0.997. The first kappa shape index (κ1) is 37.2. The van der Waals surface area contributed by atoms with Gasteiger partial charge in [-0.1, -0.05) is 25.7 Å². The lowest BCUT2D eigenvalue weighted by Gasteiger charge is -2.44. The number of hydrogen-bond acceptors (Lipinski definition) is 16.